The number of nitrogens with zero attached hydrogens (tertiary/aromatic N) is 3. The third-order valence-corrected chi connectivity index (χ3v) is 3.12. The second-order valence-electron chi connectivity index (χ2n) is 4.10. The summed E-state index contributed by atoms with van der Waals surface area (Å²) in [6.07, 6.45) is -3.72. The maximum absolute atomic E-state index is 12.8. The standard InChI is InChI=1S/C10H12ClF3N4/c11-5-6-4-8(17-9(15)16-6)18-3-1-2-7(18)10(12,13)14/h4,7H,1-3,5H2,(H2,15,16,17)/t7-/m0/s1. The lowest BCUT2D eigenvalue weighted by atomic mass is 10.2. The number of halogens is 4. The van der Waals surface area contributed by atoms with Gasteiger partial charge >= 0.3 is 6.18 Å². The van der Waals surface area contributed by atoms with Crippen molar-refractivity contribution < 1.29 is 13.2 Å². The average molecular weight is 281 g/mol. The van der Waals surface area contributed by atoms with Gasteiger partial charge in [-0.15, -0.1) is 11.6 Å². The molecule has 0 bridgehead atoms. The molecule has 0 aliphatic carbocycles. The number of alkyl halides is 4. The van der Waals surface area contributed by atoms with E-state index < -0.39 is 12.2 Å². The second kappa shape index (κ2) is 4.79. The number of aromatic nitrogens is 2. The zero-order valence-corrected chi connectivity index (χ0v) is 10.2. The average Bonchev–Trinajstić information content (AvgIpc) is 2.76. The van der Waals surface area contributed by atoms with Crippen LogP contribution in [0.25, 0.3) is 0 Å². The Labute approximate surface area is 107 Å². The van der Waals surface area contributed by atoms with Crippen molar-refractivity contribution in [3.05, 3.63) is 11.8 Å². The van der Waals surface area contributed by atoms with Crippen LogP contribution in [0.4, 0.5) is 24.9 Å². The summed E-state index contributed by atoms with van der Waals surface area (Å²) >= 11 is 5.62. The van der Waals surface area contributed by atoms with Crippen LogP contribution in [-0.2, 0) is 5.88 Å². The van der Waals surface area contributed by atoms with Gasteiger partial charge in [-0.2, -0.15) is 18.2 Å². The first kappa shape index (κ1) is 13.2. The Morgan fingerprint density at radius 1 is 1.44 bits per heavy atom. The third-order valence-electron chi connectivity index (χ3n) is 2.84. The molecule has 1 aliphatic heterocycles. The van der Waals surface area contributed by atoms with E-state index in [1.807, 2.05) is 0 Å². The van der Waals surface area contributed by atoms with E-state index >= 15 is 0 Å². The molecule has 18 heavy (non-hydrogen) atoms. The Kier molecular flexibility index (Phi) is 3.52. The summed E-state index contributed by atoms with van der Waals surface area (Å²) in [4.78, 5) is 8.92. The molecule has 2 rings (SSSR count). The highest BCUT2D eigenvalue weighted by Gasteiger charge is 2.46. The monoisotopic (exact) mass is 280 g/mol. The van der Waals surface area contributed by atoms with Crippen LogP contribution in [0.5, 0.6) is 0 Å². The lowest BCUT2D eigenvalue weighted by Crippen LogP contribution is -2.41. The molecule has 0 saturated carbocycles. The first-order chi connectivity index (χ1) is 8.41. The van der Waals surface area contributed by atoms with Crippen molar-refractivity contribution in [3.8, 4) is 0 Å². The van der Waals surface area contributed by atoms with Crippen LogP contribution in [0.2, 0.25) is 0 Å². The van der Waals surface area contributed by atoms with Gasteiger partial charge in [-0.1, -0.05) is 0 Å². The van der Waals surface area contributed by atoms with Crippen LogP contribution in [0.15, 0.2) is 6.07 Å². The van der Waals surface area contributed by atoms with Crippen molar-refractivity contribution in [2.45, 2.75) is 30.9 Å². The zero-order valence-electron chi connectivity index (χ0n) is 9.41. The Bertz CT molecular complexity index is 438. The minimum Gasteiger partial charge on any atom is -0.368 e. The molecular weight excluding hydrogens is 269 g/mol. The number of hydrogen-bond donors (Lipinski definition) is 1. The van der Waals surface area contributed by atoms with Gasteiger partial charge < -0.3 is 10.6 Å². The van der Waals surface area contributed by atoms with E-state index in [-0.39, 0.29) is 24.1 Å². The summed E-state index contributed by atoms with van der Waals surface area (Å²) in [6.45, 7) is 0.308. The molecule has 0 aromatic carbocycles. The van der Waals surface area contributed by atoms with Crippen LogP contribution in [0.1, 0.15) is 18.5 Å². The van der Waals surface area contributed by atoms with Gasteiger partial charge in [0.05, 0.1) is 11.6 Å². The van der Waals surface area contributed by atoms with Crippen molar-refractivity contribution in [2.75, 3.05) is 17.2 Å². The van der Waals surface area contributed by atoms with E-state index in [1.165, 1.54) is 11.0 Å². The molecule has 8 heteroatoms. The fraction of sp³-hybridized carbons (Fsp3) is 0.600. The lowest BCUT2D eigenvalue weighted by molar-refractivity contribution is -0.146. The van der Waals surface area contributed by atoms with Crippen molar-refractivity contribution in [2.24, 2.45) is 0 Å². The van der Waals surface area contributed by atoms with Gasteiger partial charge in [0, 0.05) is 12.6 Å². The Morgan fingerprint density at radius 3 is 2.78 bits per heavy atom. The Morgan fingerprint density at radius 2 is 2.17 bits per heavy atom. The van der Waals surface area contributed by atoms with E-state index in [0.29, 0.717) is 18.7 Å². The molecule has 1 aromatic rings. The largest absolute Gasteiger partial charge is 0.408 e. The molecule has 100 valence electrons. The molecule has 0 spiro atoms. The van der Waals surface area contributed by atoms with E-state index in [2.05, 4.69) is 9.97 Å². The fourth-order valence-corrected chi connectivity index (χ4v) is 2.24. The predicted molar refractivity (Wildman–Crippen MR) is 62.4 cm³/mol. The molecule has 1 saturated heterocycles. The zero-order chi connectivity index (χ0) is 13.3. The van der Waals surface area contributed by atoms with Crippen LogP contribution >= 0.6 is 11.6 Å². The Balaban J connectivity index is 2.33. The smallest absolute Gasteiger partial charge is 0.368 e. The molecule has 1 aromatic heterocycles. The van der Waals surface area contributed by atoms with E-state index in [4.69, 9.17) is 17.3 Å². The minimum absolute atomic E-state index is 0.0593. The summed E-state index contributed by atoms with van der Waals surface area (Å²) < 4.78 is 38.5. The molecule has 2 N–H and O–H groups in total. The topological polar surface area (TPSA) is 55.0 Å². The van der Waals surface area contributed by atoms with Gasteiger partial charge in [0.25, 0.3) is 0 Å². The molecule has 1 aliphatic rings. The highest BCUT2D eigenvalue weighted by Crippen LogP contribution is 2.35. The first-order valence-corrected chi connectivity index (χ1v) is 5.98. The van der Waals surface area contributed by atoms with Gasteiger partial charge in [0.1, 0.15) is 11.9 Å². The number of hydrogen-bond acceptors (Lipinski definition) is 4. The normalized spacial score (nSPS) is 20.4. The van der Waals surface area contributed by atoms with Gasteiger partial charge in [0.15, 0.2) is 0 Å². The first-order valence-electron chi connectivity index (χ1n) is 5.44. The van der Waals surface area contributed by atoms with Crippen LogP contribution in [-0.4, -0.2) is 28.7 Å². The van der Waals surface area contributed by atoms with Crippen LogP contribution < -0.4 is 10.6 Å². The van der Waals surface area contributed by atoms with Crippen molar-refractivity contribution in [1.29, 1.82) is 0 Å². The molecule has 1 fully saturated rings. The van der Waals surface area contributed by atoms with E-state index in [9.17, 15) is 13.2 Å². The quantitative estimate of drug-likeness (QED) is 0.845. The highest BCUT2D eigenvalue weighted by molar-refractivity contribution is 6.16. The van der Waals surface area contributed by atoms with Gasteiger partial charge in [-0.05, 0) is 12.8 Å². The molecule has 0 amide bonds. The SMILES string of the molecule is Nc1nc(CCl)cc(N2CCC[C@H]2C(F)(F)F)n1. The molecule has 4 nitrogen and oxygen atoms in total. The molecular formula is C10H12ClF3N4. The summed E-state index contributed by atoms with van der Waals surface area (Å²) in [5, 5.41) is 0. The van der Waals surface area contributed by atoms with Crippen molar-refractivity contribution in [3.63, 3.8) is 0 Å². The number of nitrogens with two attached hydrogens (primary N) is 1. The summed E-state index contributed by atoms with van der Waals surface area (Å²) in [7, 11) is 0. The minimum atomic E-state index is -4.27. The Hall–Kier alpha value is -1.24. The third kappa shape index (κ3) is 2.60. The maximum Gasteiger partial charge on any atom is 0.408 e. The van der Waals surface area contributed by atoms with Crippen molar-refractivity contribution >= 4 is 23.4 Å². The molecule has 1 atom stereocenters. The number of anilines is 2. The summed E-state index contributed by atoms with van der Waals surface area (Å²) in [5.74, 6) is 0.221. The summed E-state index contributed by atoms with van der Waals surface area (Å²) in [6, 6.07) is -0.0528. The van der Waals surface area contributed by atoms with E-state index in [0.717, 1.165) is 0 Å². The summed E-state index contributed by atoms with van der Waals surface area (Å²) in [5.41, 5.74) is 5.89. The predicted octanol–water partition coefficient (Wildman–Crippen LogP) is 2.33. The van der Waals surface area contributed by atoms with E-state index in [1.54, 1.807) is 0 Å². The van der Waals surface area contributed by atoms with Crippen LogP contribution in [0, 0.1) is 0 Å². The maximum atomic E-state index is 12.8. The highest BCUT2D eigenvalue weighted by atomic mass is 35.5. The molecule has 0 radical (unpaired) electrons. The second-order valence-corrected chi connectivity index (χ2v) is 4.37. The van der Waals surface area contributed by atoms with Gasteiger partial charge in [-0.3, -0.25) is 0 Å². The van der Waals surface area contributed by atoms with Crippen molar-refractivity contribution in [1.82, 2.24) is 9.97 Å². The molecule has 2 heterocycles. The number of rotatable bonds is 2. The number of nitrogen functional groups attached to an aromatic ring is 1. The van der Waals surface area contributed by atoms with Gasteiger partial charge in [-0.25, -0.2) is 4.98 Å². The lowest BCUT2D eigenvalue weighted by Gasteiger charge is -2.27. The molecule has 0 unspecified atom stereocenters. The van der Waals surface area contributed by atoms with Gasteiger partial charge in [0.2, 0.25) is 5.95 Å². The fourth-order valence-electron chi connectivity index (χ4n) is 2.10. The van der Waals surface area contributed by atoms with Crippen LogP contribution in [0.3, 0.4) is 0 Å².